The first-order valence-corrected chi connectivity index (χ1v) is 11.7. The van der Waals surface area contributed by atoms with Crippen molar-refractivity contribution in [3.05, 3.63) is 23.7 Å². The molecule has 1 amide bonds. The number of guanidine groups is 1. The monoisotopic (exact) mass is 417 g/mol. The summed E-state index contributed by atoms with van der Waals surface area (Å²) in [5.41, 5.74) is 1.14. The van der Waals surface area contributed by atoms with E-state index in [0.717, 1.165) is 31.0 Å². The van der Waals surface area contributed by atoms with E-state index in [9.17, 15) is 4.79 Å². The number of amides is 1. The molecule has 1 aliphatic carbocycles. The summed E-state index contributed by atoms with van der Waals surface area (Å²) in [6.45, 7) is 6.67. The number of aryl methyl sites for hydroxylation is 1. The van der Waals surface area contributed by atoms with Crippen LogP contribution in [-0.4, -0.2) is 62.1 Å². The molecule has 0 unspecified atom stereocenters. The molecule has 0 bridgehead atoms. The van der Waals surface area contributed by atoms with Gasteiger partial charge in [-0.2, -0.15) is 0 Å². The summed E-state index contributed by atoms with van der Waals surface area (Å²) in [4.78, 5) is 19.2. The zero-order chi connectivity index (χ0) is 21.2. The molecule has 30 heavy (non-hydrogen) atoms. The van der Waals surface area contributed by atoms with E-state index in [2.05, 4.69) is 25.8 Å². The first kappa shape index (κ1) is 22.7. The topological polar surface area (TPSA) is 81.9 Å². The van der Waals surface area contributed by atoms with Crippen LogP contribution < -0.4 is 16.0 Å². The summed E-state index contributed by atoms with van der Waals surface area (Å²) in [6.07, 6.45) is 13.0. The van der Waals surface area contributed by atoms with Gasteiger partial charge in [0.2, 0.25) is 0 Å². The van der Waals surface area contributed by atoms with Crippen LogP contribution in [0.25, 0.3) is 0 Å². The Bertz CT molecular complexity index is 688. The van der Waals surface area contributed by atoms with E-state index in [4.69, 9.17) is 4.42 Å². The highest BCUT2D eigenvalue weighted by molar-refractivity contribution is 5.92. The zero-order valence-electron chi connectivity index (χ0n) is 18.8. The molecular weight excluding hydrogens is 378 g/mol. The van der Waals surface area contributed by atoms with Gasteiger partial charge in [-0.25, -0.2) is 0 Å². The average molecular weight is 418 g/mol. The van der Waals surface area contributed by atoms with Crippen LogP contribution in [0.3, 0.4) is 0 Å². The summed E-state index contributed by atoms with van der Waals surface area (Å²) < 4.78 is 5.23. The molecule has 1 aromatic rings. The minimum Gasteiger partial charge on any atom is -0.459 e. The summed E-state index contributed by atoms with van der Waals surface area (Å²) >= 11 is 0. The number of piperidine rings is 1. The van der Waals surface area contributed by atoms with E-state index >= 15 is 0 Å². The maximum atomic E-state index is 12.1. The molecule has 7 nitrogen and oxygen atoms in total. The predicted octanol–water partition coefficient (Wildman–Crippen LogP) is 3.06. The molecule has 0 radical (unpaired) electrons. The second kappa shape index (κ2) is 11.4. The Morgan fingerprint density at radius 1 is 1.07 bits per heavy atom. The van der Waals surface area contributed by atoms with Crippen LogP contribution in [-0.2, 0) is 0 Å². The molecule has 2 fully saturated rings. The molecule has 1 aromatic heterocycles. The minimum atomic E-state index is -0.152. The van der Waals surface area contributed by atoms with Gasteiger partial charge in [-0.3, -0.25) is 14.7 Å². The largest absolute Gasteiger partial charge is 0.459 e. The first-order valence-electron chi connectivity index (χ1n) is 11.7. The molecule has 2 aliphatic rings. The van der Waals surface area contributed by atoms with Crippen LogP contribution in [0.2, 0.25) is 0 Å². The minimum absolute atomic E-state index is 0.152. The van der Waals surface area contributed by atoms with Crippen LogP contribution in [0.15, 0.2) is 21.7 Å². The standard InChI is InChI=1S/C23H39N5O2/c1-19-10-17-30-20(19)21(29)25-13-9-14-26-22(24-2)27-18-23(11-5-3-6-12-23)28-15-7-4-8-16-28/h10,17H,3-9,11-16,18H2,1-2H3,(H,25,29)(H2,24,26,27). The second-order valence-electron chi connectivity index (χ2n) is 8.73. The van der Waals surface area contributed by atoms with Gasteiger partial charge in [0.05, 0.1) is 6.26 Å². The Balaban J connectivity index is 1.40. The number of nitrogens with one attached hydrogen (secondary N) is 3. The SMILES string of the molecule is CN=C(NCCCNC(=O)c1occc1C)NCC1(N2CCCCC2)CCCCC1. The van der Waals surface area contributed by atoms with E-state index in [1.807, 2.05) is 14.0 Å². The molecule has 0 atom stereocenters. The van der Waals surface area contributed by atoms with Crippen LogP contribution >= 0.6 is 0 Å². The van der Waals surface area contributed by atoms with E-state index in [0.29, 0.717) is 12.3 Å². The molecule has 1 saturated carbocycles. The van der Waals surface area contributed by atoms with Gasteiger partial charge in [0.25, 0.3) is 5.91 Å². The van der Waals surface area contributed by atoms with Gasteiger partial charge in [0.1, 0.15) is 0 Å². The number of furan rings is 1. The number of likely N-dealkylation sites (tertiary alicyclic amines) is 1. The Hall–Kier alpha value is -2.02. The summed E-state index contributed by atoms with van der Waals surface area (Å²) in [5.74, 6) is 1.10. The predicted molar refractivity (Wildman–Crippen MR) is 121 cm³/mol. The molecule has 7 heteroatoms. The maximum Gasteiger partial charge on any atom is 0.287 e. The lowest BCUT2D eigenvalue weighted by Crippen LogP contribution is -2.59. The van der Waals surface area contributed by atoms with E-state index in [1.54, 1.807) is 12.3 Å². The van der Waals surface area contributed by atoms with Gasteiger partial charge in [-0.1, -0.05) is 25.7 Å². The van der Waals surface area contributed by atoms with Crippen LogP contribution in [0.4, 0.5) is 0 Å². The van der Waals surface area contributed by atoms with Crippen molar-refractivity contribution in [2.45, 2.75) is 70.3 Å². The van der Waals surface area contributed by atoms with Crippen molar-refractivity contribution in [2.75, 3.05) is 39.8 Å². The third kappa shape index (κ3) is 6.00. The highest BCUT2D eigenvalue weighted by Crippen LogP contribution is 2.35. The molecule has 3 rings (SSSR count). The smallest absolute Gasteiger partial charge is 0.287 e. The fraction of sp³-hybridized carbons (Fsp3) is 0.739. The Morgan fingerprint density at radius 2 is 1.77 bits per heavy atom. The molecule has 3 N–H and O–H groups in total. The first-order chi connectivity index (χ1) is 14.6. The zero-order valence-corrected chi connectivity index (χ0v) is 18.8. The summed E-state index contributed by atoms with van der Waals surface area (Å²) in [5, 5.41) is 9.91. The molecule has 1 saturated heterocycles. The lowest BCUT2D eigenvalue weighted by molar-refractivity contribution is 0.0368. The number of hydrogen-bond acceptors (Lipinski definition) is 4. The van der Waals surface area contributed by atoms with Crippen molar-refractivity contribution in [1.29, 1.82) is 0 Å². The third-order valence-electron chi connectivity index (χ3n) is 6.62. The van der Waals surface area contributed by atoms with Gasteiger partial charge >= 0.3 is 0 Å². The van der Waals surface area contributed by atoms with E-state index in [-0.39, 0.29) is 11.4 Å². The molecule has 1 aliphatic heterocycles. The van der Waals surface area contributed by atoms with Gasteiger partial charge < -0.3 is 20.4 Å². The third-order valence-corrected chi connectivity index (χ3v) is 6.62. The molecule has 2 heterocycles. The summed E-state index contributed by atoms with van der Waals surface area (Å²) in [6, 6.07) is 1.80. The molecule has 0 aromatic carbocycles. The van der Waals surface area contributed by atoms with Crippen molar-refractivity contribution < 1.29 is 9.21 Å². The Kier molecular flexibility index (Phi) is 8.61. The lowest BCUT2D eigenvalue weighted by atomic mass is 9.79. The number of nitrogens with zero attached hydrogens (tertiary/aromatic N) is 2. The fourth-order valence-corrected chi connectivity index (χ4v) is 4.83. The van der Waals surface area contributed by atoms with Crippen LogP contribution in [0.5, 0.6) is 0 Å². The molecular formula is C23H39N5O2. The highest BCUT2D eigenvalue weighted by atomic mass is 16.3. The van der Waals surface area contributed by atoms with Gasteiger partial charge in [0.15, 0.2) is 11.7 Å². The number of carbonyl (C=O) groups excluding carboxylic acids is 1. The van der Waals surface area contributed by atoms with Crippen LogP contribution in [0.1, 0.15) is 73.9 Å². The van der Waals surface area contributed by atoms with Crippen molar-refractivity contribution in [2.24, 2.45) is 4.99 Å². The molecule has 0 spiro atoms. The number of carbonyl (C=O) groups is 1. The van der Waals surface area contributed by atoms with Gasteiger partial charge in [0, 0.05) is 37.8 Å². The number of hydrogen-bond donors (Lipinski definition) is 3. The van der Waals surface area contributed by atoms with Crippen molar-refractivity contribution in [1.82, 2.24) is 20.9 Å². The van der Waals surface area contributed by atoms with Crippen molar-refractivity contribution in [3.63, 3.8) is 0 Å². The lowest BCUT2D eigenvalue weighted by Gasteiger charge is -2.48. The highest BCUT2D eigenvalue weighted by Gasteiger charge is 2.38. The normalized spacial score (nSPS) is 20.0. The second-order valence-corrected chi connectivity index (χ2v) is 8.73. The van der Waals surface area contributed by atoms with Crippen LogP contribution in [0, 0.1) is 6.92 Å². The number of aliphatic imine (C=N–C) groups is 1. The average Bonchev–Trinajstić information content (AvgIpc) is 3.22. The Labute approximate surface area is 181 Å². The van der Waals surface area contributed by atoms with E-state index < -0.39 is 0 Å². The quantitative estimate of drug-likeness (QED) is 0.344. The van der Waals surface area contributed by atoms with Gasteiger partial charge in [-0.05, 0) is 58.2 Å². The van der Waals surface area contributed by atoms with E-state index in [1.165, 1.54) is 64.5 Å². The molecule has 168 valence electrons. The fourth-order valence-electron chi connectivity index (χ4n) is 4.83. The number of rotatable bonds is 8. The summed E-state index contributed by atoms with van der Waals surface area (Å²) in [7, 11) is 1.82. The van der Waals surface area contributed by atoms with Crippen molar-refractivity contribution >= 4 is 11.9 Å². The maximum absolute atomic E-state index is 12.1. The van der Waals surface area contributed by atoms with Crippen molar-refractivity contribution in [3.8, 4) is 0 Å². The van der Waals surface area contributed by atoms with Gasteiger partial charge in [-0.15, -0.1) is 0 Å². The Morgan fingerprint density at radius 3 is 2.43 bits per heavy atom.